The van der Waals surface area contributed by atoms with Crippen LogP contribution in [0.5, 0.6) is 0 Å². The molecule has 0 heterocycles. The molecule has 57 heavy (non-hydrogen) atoms. The van der Waals surface area contributed by atoms with Crippen molar-refractivity contribution in [3.05, 3.63) is 0 Å². The largest absolute Gasteiger partial charge is 0.288 e. The Morgan fingerprint density at radius 3 is 0.298 bits per heavy atom. The zero-order valence-electron chi connectivity index (χ0n) is 23.8. The number of hydrogen-bond acceptors (Lipinski definition) is 2. The SMILES string of the molecule is BrC(Br)(Br)C(Br)(Br)C(Br)(Br)C(Br)(Br)C(Br)(Br)C(Br)(Br)C(Br)(Br)C(Br)(Br)C(Br)(Br)C(Br)(Br)C(Br)(Br)C(Br)(Br)C(Br)(Br)C(Br)(Br)C(Br)(Br)C(Br)(Br)C(Br)(Br)Br.O=[SH](=O)O. The van der Waals surface area contributed by atoms with Crippen LogP contribution in [0.25, 0.3) is 0 Å². The van der Waals surface area contributed by atoms with Gasteiger partial charge in [0, 0.05) is 0 Å². The Morgan fingerprint density at radius 2 is 0.246 bits per heavy atom. The molecule has 0 saturated carbocycles. The normalized spacial score (nSPS) is 16.8. The molecule has 0 spiro atoms. The molecule has 3 nitrogen and oxygen atoms in total. The smallest absolute Gasteiger partial charge is 0.254 e. The second kappa shape index (κ2) is 25.5. The topological polar surface area (TPSA) is 54.4 Å². The Kier molecular flexibility index (Phi) is 34.2. The van der Waals surface area contributed by atoms with Gasteiger partial charge in [-0.25, -0.2) is 8.42 Å². The second-order valence-electron chi connectivity index (χ2n) is 9.85. The van der Waals surface area contributed by atoms with Gasteiger partial charge in [0.05, 0.1) is 0 Å². The summed E-state index contributed by atoms with van der Waals surface area (Å²) in [6.45, 7) is 0. The van der Waals surface area contributed by atoms with Crippen molar-refractivity contribution >= 4 is 584 Å². The number of thiol groups is 1. The number of halogens is 36. The van der Waals surface area contributed by atoms with Gasteiger partial charge in [0.2, 0.25) is 0 Å². The zero-order chi connectivity index (χ0) is 48.1. The van der Waals surface area contributed by atoms with Crippen LogP contribution in [0, 0.1) is 0 Å². The van der Waals surface area contributed by atoms with Crippen LogP contribution in [-0.4, -0.2) is 65.8 Å². The Morgan fingerprint density at radius 1 is 0.193 bits per heavy atom. The molecule has 346 valence electrons. The fourth-order valence-electron chi connectivity index (χ4n) is 2.92. The van der Waals surface area contributed by atoms with E-state index in [4.69, 9.17) is 13.0 Å². The third kappa shape index (κ3) is 14.3. The van der Waals surface area contributed by atoms with Gasteiger partial charge in [-0.05, 0) is 0 Å². The van der Waals surface area contributed by atoms with Crippen molar-refractivity contribution < 1.29 is 13.0 Å². The van der Waals surface area contributed by atoms with E-state index >= 15 is 0 Å². The molecule has 0 fully saturated rings. The van der Waals surface area contributed by atoms with Gasteiger partial charge in [0.25, 0.3) is 11.0 Å². The van der Waals surface area contributed by atoms with Crippen molar-refractivity contribution in [1.82, 2.24) is 0 Å². The lowest BCUT2D eigenvalue weighted by atomic mass is 10.0. The summed E-state index contributed by atoms with van der Waals surface area (Å²) in [4.78, 5) is 0. The predicted molar refractivity (Wildman–Crippen MR) is 381 cm³/mol. The first-order chi connectivity index (χ1) is 23.7. The Hall–Kier alpha value is 17.2. The number of rotatable bonds is 14. The molecule has 1 N–H and O–H groups in total. The Balaban J connectivity index is 0. The lowest BCUT2D eigenvalue weighted by Crippen LogP contribution is -2.73. The summed E-state index contributed by atoms with van der Waals surface area (Å²) in [7, 11) is -3.12. The van der Waals surface area contributed by atoms with Crippen LogP contribution in [0.4, 0.5) is 0 Å². The van der Waals surface area contributed by atoms with E-state index in [9.17, 15) is 0 Å². The Labute approximate surface area is 633 Å². The highest BCUT2D eigenvalue weighted by molar-refractivity contribution is 9.44. The van der Waals surface area contributed by atoms with Crippen LogP contribution >= 0.6 is 573 Å². The summed E-state index contributed by atoms with van der Waals surface area (Å²) < 4.78 is 4.03. The third-order valence-corrected chi connectivity index (χ3v) is 81.7. The van der Waals surface area contributed by atoms with Gasteiger partial charge < -0.3 is 0 Å². The quantitative estimate of drug-likeness (QED) is 0.104. The van der Waals surface area contributed by atoms with Crippen LogP contribution in [-0.2, 0) is 11.0 Å². The monoisotopic (exact) mass is 3130 g/mol. The molecule has 0 aromatic rings. The lowest BCUT2D eigenvalue weighted by Gasteiger charge is -2.62. The first-order valence-electron chi connectivity index (χ1n) is 11.4. The average Bonchev–Trinajstić information content (AvgIpc) is 2.94. The predicted octanol–water partition coefficient (Wildman–Crippen LogP) is 26.0. The molecule has 0 amide bonds. The molecule has 0 aromatic heterocycles. The minimum absolute atomic E-state index is 0.902. The molecule has 0 saturated heterocycles. The molecule has 0 bridgehead atoms. The van der Waals surface area contributed by atoms with Gasteiger partial charge in [-0.1, -0.05) is 573 Å². The maximum Gasteiger partial charge on any atom is 0.254 e. The summed E-state index contributed by atoms with van der Waals surface area (Å²) in [5.41, 5.74) is 0. The van der Waals surface area contributed by atoms with E-state index in [0.717, 1.165) is 0 Å². The van der Waals surface area contributed by atoms with Crippen molar-refractivity contribution in [3.8, 4) is 0 Å². The third-order valence-electron chi connectivity index (χ3n) is 6.23. The summed E-state index contributed by atoms with van der Waals surface area (Å²) in [6.07, 6.45) is 0. The van der Waals surface area contributed by atoms with Crippen LogP contribution in [0.15, 0.2) is 0 Å². The van der Waals surface area contributed by atoms with E-state index in [1.807, 2.05) is 0 Å². The van der Waals surface area contributed by atoms with Gasteiger partial charge in [-0.3, -0.25) is 4.55 Å². The molecular formula is C17H2Br36O3S. The molecule has 0 unspecified atom stereocenters. The van der Waals surface area contributed by atoms with Crippen molar-refractivity contribution in [1.29, 1.82) is 0 Å². The first kappa shape index (κ1) is 76.3. The number of hydrogen-bond donors (Lipinski definition) is 2. The maximum atomic E-state index is 8.59. The second-order valence-corrected chi connectivity index (χ2v) is 75.5. The highest BCUT2D eigenvalue weighted by Crippen LogP contribution is 2.84. The highest BCUT2D eigenvalue weighted by atomic mass is 80.0. The van der Waals surface area contributed by atoms with Crippen LogP contribution < -0.4 is 0 Å². The van der Waals surface area contributed by atoms with Gasteiger partial charge in [0.15, 0.2) is 4.29 Å². The molecule has 0 aromatic carbocycles. The summed E-state index contributed by atoms with van der Waals surface area (Å²) >= 11 is 140. The molecule has 40 heteroatoms. The molecule has 0 aliphatic rings. The molecule has 0 aliphatic carbocycles. The van der Waals surface area contributed by atoms with Gasteiger partial charge in [0.1, 0.15) is 48.5 Å². The van der Waals surface area contributed by atoms with Crippen molar-refractivity contribution in [2.75, 3.05) is 0 Å². The highest BCUT2D eigenvalue weighted by Gasteiger charge is 2.84. The van der Waals surface area contributed by atoms with Crippen LogP contribution in [0.1, 0.15) is 0 Å². The molecule has 0 rings (SSSR count). The van der Waals surface area contributed by atoms with Gasteiger partial charge in [-0.2, -0.15) is 0 Å². The Bertz CT molecular complexity index is 1400. The van der Waals surface area contributed by atoms with E-state index in [1.54, 1.807) is 0 Å². The van der Waals surface area contributed by atoms with E-state index in [1.165, 1.54) is 0 Å². The standard InChI is InChI=1S/C17Br36.H2O3S/c18-1(19,2(20,21)4(24,25)6(28,29)8(32,33)10(36,37)12(40,41)14(44,45)16(48,49)50)3(22,23)5(26,27)7(30,31)9(34,35)11(38,39)13(42,43)15(46,47)17(51,52)53;1-4(2)3/h;4H,(H,1,2,3). The van der Waals surface area contributed by atoms with E-state index in [0.29, 0.717) is 0 Å². The fraction of sp³-hybridized carbons (Fsp3) is 1.00. The molecule has 0 radical (unpaired) electrons. The summed E-state index contributed by atoms with van der Waals surface area (Å²) in [5, 5.41) is 0. The van der Waals surface area contributed by atoms with E-state index in [-0.39, 0.29) is 0 Å². The average molecular weight is 3160 g/mol. The molecule has 0 aliphatic heterocycles. The molecular weight excluding hydrogens is 3160 g/mol. The fourth-order valence-corrected chi connectivity index (χ4v) is 38.4. The van der Waals surface area contributed by atoms with E-state index < -0.39 is 63.8 Å². The van der Waals surface area contributed by atoms with Crippen molar-refractivity contribution in [3.63, 3.8) is 0 Å². The maximum absolute atomic E-state index is 8.59. The zero-order valence-corrected chi connectivity index (χ0v) is 81.8. The van der Waals surface area contributed by atoms with Crippen molar-refractivity contribution in [2.24, 2.45) is 0 Å². The minimum atomic E-state index is -3.12. The minimum Gasteiger partial charge on any atom is -0.288 e. The van der Waals surface area contributed by atoms with E-state index in [2.05, 4.69) is 573 Å². The summed E-state index contributed by atoms with van der Waals surface area (Å²) in [6, 6.07) is 0. The lowest BCUT2D eigenvalue weighted by molar-refractivity contribution is 0.509. The van der Waals surface area contributed by atoms with Gasteiger partial charge in [-0.15, -0.1) is 0 Å². The number of alkyl halides is 36. The molecule has 0 atom stereocenters. The van der Waals surface area contributed by atoms with Crippen molar-refractivity contribution in [2.45, 2.75) is 52.8 Å². The van der Waals surface area contributed by atoms with Crippen LogP contribution in [0.3, 0.4) is 0 Å². The summed E-state index contributed by atoms with van der Waals surface area (Å²) in [5.74, 6) is 0. The van der Waals surface area contributed by atoms with Gasteiger partial charge >= 0.3 is 0 Å². The first-order valence-corrected chi connectivity index (χ1v) is 41.0. The van der Waals surface area contributed by atoms with Crippen LogP contribution in [0.2, 0.25) is 0 Å².